The number of nitrogens with two attached hydrogens (primary N) is 1. The maximum absolute atomic E-state index is 12.0. The lowest BCUT2D eigenvalue weighted by Gasteiger charge is -2.09. The Morgan fingerprint density at radius 3 is 2.74 bits per heavy atom. The maximum Gasteiger partial charge on any atom is 0.248 e. The predicted molar refractivity (Wildman–Crippen MR) is 95.6 cm³/mol. The van der Waals surface area contributed by atoms with Gasteiger partial charge in [-0.15, -0.1) is 0 Å². The van der Waals surface area contributed by atoms with Gasteiger partial charge in [-0.05, 0) is 61.7 Å². The number of anilines is 2. The van der Waals surface area contributed by atoms with Gasteiger partial charge in [-0.3, -0.25) is 4.79 Å². The first-order valence-electron chi connectivity index (χ1n) is 7.59. The highest BCUT2D eigenvalue weighted by Gasteiger charge is 2.04. The second-order valence-electron chi connectivity index (χ2n) is 5.30. The van der Waals surface area contributed by atoms with Crippen molar-refractivity contribution in [1.82, 2.24) is 0 Å². The van der Waals surface area contributed by atoms with E-state index in [2.05, 4.69) is 5.32 Å². The average Bonchev–Trinajstić information content (AvgIpc) is 2.52. The molecule has 0 aliphatic rings. The molecule has 2 aromatic rings. The van der Waals surface area contributed by atoms with Crippen LogP contribution in [0.25, 0.3) is 6.08 Å². The fraction of sp³-hybridized carbons (Fsp3) is 0.211. The summed E-state index contributed by atoms with van der Waals surface area (Å²) in [4.78, 5) is 12.0. The Hall–Kier alpha value is -2.75. The van der Waals surface area contributed by atoms with Crippen LogP contribution in [0.15, 0.2) is 42.5 Å². The fourth-order valence-corrected chi connectivity index (χ4v) is 2.19. The number of nitrogens with one attached hydrogen (secondary N) is 1. The number of hydrogen-bond donors (Lipinski definition) is 2. The molecule has 0 bridgehead atoms. The molecule has 0 saturated carbocycles. The molecule has 1 amide bonds. The number of carbonyl (C=O) groups excluding carboxylic acids is 1. The lowest BCUT2D eigenvalue weighted by Crippen LogP contribution is -2.09. The molecule has 0 radical (unpaired) electrons. The van der Waals surface area contributed by atoms with Crippen LogP contribution in [-0.4, -0.2) is 12.5 Å². The van der Waals surface area contributed by atoms with Gasteiger partial charge >= 0.3 is 0 Å². The van der Waals surface area contributed by atoms with E-state index < -0.39 is 0 Å². The minimum atomic E-state index is -0.175. The maximum atomic E-state index is 12.0. The minimum Gasteiger partial charge on any atom is -0.492 e. The Morgan fingerprint density at radius 2 is 2.04 bits per heavy atom. The third kappa shape index (κ3) is 4.36. The van der Waals surface area contributed by atoms with Gasteiger partial charge in [-0.1, -0.05) is 18.2 Å². The van der Waals surface area contributed by atoms with Crippen molar-refractivity contribution in [3.63, 3.8) is 0 Å². The number of carbonyl (C=O) groups is 1. The SMILES string of the molecule is CCOc1ccc(/C=C\C(=O)Nc2cccc(C)c2C)cc1N. The van der Waals surface area contributed by atoms with Gasteiger partial charge in [0.25, 0.3) is 0 Å². The van der Waals surface area contributed by atoms with Crippen molar-refractivity contribution in [2.45, 2.75) is 20.8 Å². The van der Waals surface area contributed by atoms with Crippen LogP contribution in [0.3, 0.4) is 0 Å². The van der Waals surface area contributed by atoms with Crippen molar-refractivity contribution in [3.8, 4) is 5.75 Å². The van der Waals surface area contributed by atoms with E-state index in [1.54, 1.807) is 18.2 Å². The van der Waals surface area contributed by atoms with Crippen LogP contribution in [-0.2, 0) is 4.79 Å². The molecule has 23 heavy (non-hydrogen) atoms. The summed E-state index contributed by atoms with van der Waals surface area (Å²) < 4.78 is 5.39. The van der Waals surface area contributed by atoms with Crippen molar-refractivity contribution in [3.05, 3.63) is 59.2 Å². The number of hydrogen-bond acceptors (Lipinski definition) is 3. The van der Waals surface area contributed by atoms with Gasteiger partial charge in [-0.25, -0.2) is 0 Å². The number of ether oxygens (including phenoxy) is 1. The molecule has 0 fully saturated rings. The van der Waals surface area contributed by atoms with E-state index in [1.165, 1.54) is 6.08 Å². The van der Waals surface area contributed by atoms with Crippen molar-refractivity contribution >= 4 is 23.4 Å². The molecule has 0 spiro atoms. The smallest absolute Gasteiger partial charge is 0.248 e. The molecule has 4 nitrogen and oxygen atoms in total. The van der Waals surface area contributed by atoms with Crippen LogP contribution in [0, 0.1) is 13.8 Å². The van der Waals surface area contributed by atoms with Crippen LogP contribution in [0.2, 0.25) is 0 Å². The molecule has 0 atom stereocenters. The standard InChI is InChI=1S/C19H22N2O2/c1-4-23-18-10-8-15(12-16(18)20)9-11-19(22)21-17-7-5-6-13(2)14(17)3/h5-12H,4,20H2,1-3H3,(H,21,22)/b11-9-. The summed E-state index contributed by atoms with van der Waals surface area (Å²) in [5.41, 5.74) is 10.4. The van der Waals surface area contributed by atoms with E-state index in [4.69, 9.17) is 10.5 Å². The molecule has 4 heteroatoms. The average molecular weight is 310 g/mol. The molecule has 0 aliphatic carbocycles. The molecular weight excluding hydrogens is 288 g/mol. The first-order valence-corrected chi connectivity index (χ1v) is 7.59. The Kier molecular flexibility index (Phi) is 5.41. The van der Waals surface area contributed by atoms with E-state index in [9.17, 15) is 4.79 Å². The van der Waals surface area contributed by atoms with E-state index in [0.29, 0.717) is 18.0 Å². The third-order valence-corrected chi connectivity index (χ3v) is 3.62. The number of benzene rings is 2. The summed E-state index contributed by atoms with van der Waals surface area (Å²) in [7, 11) is 0. The highest BCUT2D eigenvalue weighted by molar-refractivity contribution is 6.02. The normalized spacial score (nSPS) is 10.7. The fourth-order valence-electron chi connectivity index (χ4n) is 2.19. The van der Waals surface area contributed by atoms with E-state index in [-0.39, 0.29) is 5.91 Å². The van der Waals surface area contributed by atoms with Crippen LogP contribution in [0.4, 0.5) is 11.4 Å². The van der Waals surface area contributed by atoms with Gasteiger partial charge < -0.3 is 15.8 Å². The third-order valence-electron chi connectivity index (χ3n) is 3.62. The molecule has 2 rings (SSSR count). The lowest BCUT2D eigenvalue weighted by molar-refractivity contribution is -0.111. The zero-order valence-corrected chi connectivity index (χ0v) is 13.7. The molecule has 0 saturated heterocycles. The van der Waals surface area contributed by atoms with E-state index in [1.807, 2.05) is 45.0 Å². The minimum absolute atomic E-state index is 0.175. The van der Waals surface area contributed by atoms with Crippen LogP contribution in [0.1, 0.15) is 23.6 Å². The van der Waals surface area contributed by atoms with Crippen molar-refractivity contribution in [2.75, 3.05) is 17.7 Å². The Labute approximate surface area is 137 Å². The van der Waals surface area contributed by atoms with Gasteiger partial charge in [0, 0.05) is 11.8 Å². The molecule has 120 valence electrons. The Bertz CT molecular complexity index is 736. The topological polar surface area (TPSA) is 64.3 Å². The van der Waals surface area contributed by atoms with Gasteiger partial charge in [0.2, 0.25) is 5.91 Å². The second kappa shape index (κ2) is 7.49. The number of nitrogen functional groups attached to an aromatic ring is 1. The molecule has 0 aromatic heterocycles. The summed E-state index contributed by atoms with van der Waals surface area (Å²) in [6.07, 6.45) is 3.23. The summed E-state index contributed by atoms with van der Waals surface area (Å²) in [5, 5.41) is 2.89. The van der Waals surface area contributed by atoms with Crippen molar-refractivity contribution < 1.29 is 9.53 Å². The van der Waals surface area contributed by atoms with Gasteiger partial charge in [-0.2, -0.15) is 0 Å². The highest BCUT2D eigenvalue weighted by Crippen LogP contribution is 2.23. The Morgan fingerprint density at radius 1 is 1.26 bits per heavy atom. The molecule has 2 aromatic carbocycles. The van der Waals surface area contributed by atoms with Crippen molar-refractivity contribution in [1.29, 1.82) is 0 Å². The molecular formula is C19H22N2O2. The van der Waals surface area contributed by atoms with Gasteiger partial charge in [0.15, 0.2) is 0 Å². The Balaban J connectivity index is 2.06. The zero-order valence-electron chi connectivity index (χ0n) is 13.7. The molecule has 0 heterocycles. The van der Waals surface area contributed by atoms with Crippen LogP contribution < -0.4 is 15.8 Å². The molecule has 3 N–H and O–H groups in total. The largest absolute Gasteiger partial charge is 0.492 e. The summed E-state index contributed by atoms with van der Waals surface area (Å²) >= 11 is 0. The summed E-state index contributed by atoms with van der Waals surface area (Å²) in [6, 6.07) is 11.3. The monoisotopic (exact) mass is 310 g/mol. The number of aryl methyl sites for hydroxylation is 1. The zero-order chi connectivity index (χ0) is 16.8. The van der Waals surface area contributed by atoms with Gasteiger partial charge in [0.1, 0.15) is 5.75 Å². The first-order chi connectivity index (χ1) is 11.0. The number of amides is 1. The number of rotatable bonds is 5. The molecule has 0 aliphatic heterocycles. The van der Waals surface area contributed by atoms with Crippen molar-refractivity contribution in [2.24, 2.45) is 0 Å². The lowest BCUT2D eigenvalue weighted by atomic mass is 10.1. The first kappa shape index (κ1) is 16.6. The second-order valence-corrected chi connectivity index (χ2v) is 5.30. The quantitative estimate of drug-likeness (QED) is 0.649. The molecule has 0 unspecified atom stereocenters. The summed E-state index contributed by atoms with van der Waals surface area (Å²) in [5.74, 6) is 0.482. The van der Waals surface area contributed by atoms with E-state index >= 15 is 0 Å². The highest BCUT2D eigenvalue weighted by atomic mass is 16.5. The van der Waals surface area contributed by atoms with Crippen LogP contribution in [0.5, 0.6) is 5.75 Å². The van der Waals surface area contributed by atoms with Crippen LogP contribution >= 0.6 is 0 Å². The van der Waals surface area contributed by atoms with Gasteiger partial charge in [0.05, 0.1) is 12.3 Å². The summed E-state index contributed by atoms with van der Waals surface area (Å²) in [6.45, 7) is 6.48. The van der Waals surface area contributed by atoms with E-state index in [0.717, 1.165) is 22.4 Å². The predicted octanol–water partition coefficient (Wildman–Crippen LogP) is 3.94.